The van der Waals surface area contributed by atoms with Crippen molar-refractivity contribution in [2.45, 2.75) is 13.3 Å². The number of hydrogen-bond donors (Lipinski definition) is 0. The highest BCUT2D eigenvalue weighted by atomic mass is 35.5. The fourth-order valence-electron chi connectivity index (χ4n) is 2.90. The molecule has 0 aliphatic carbocycles. The van der Waals surface area contributed by atoms with Gasteiger partial charge in [-0.3, -0.25) is 9.36 Å². The molecule has 0 radical (unpaired) electrons. The first-order valence-electron chi connectivity index (χ1n) is 7.49. The highest BCUT2D eigenvalue weighted by molar-refractivity contribution is 6.30. The fourth-order valence-corrected chi connectivity index (χ4v) is 3.03. The standard InChI is InChI=1S/C19H16ClNO3/c1-12-18(19(23)24-2)15-5-3-4-6-16(15)21(12)17(22)11-13-7-9-14(20)10-8-13/h3-10H,11H2,1-2H3. The van der Waals surface area contributed by atoms with Crippen LogP contribution in [0.5, 0.6) is 0 Å². The van der Waals surface area contributed by atoms with Crippen molar-refractivity contribution in [3.8, 4) is 0 Å². The highest BCUT2D eigenvalue weighted by Crippen LogP contribution is 2.27. The molecule has 4 nitrogen and oxygen atoms in total. The summed E-state index contributed by atoms with van der Waals surface area (Å²) in [5, 5.41) is 1.34. The first-order valence-corrected chi connectivity index (χ1v) is 7.86. The van der Waals surface area contributed by atoms with Gasteiger partial charge in [0.25, 0.3) is 0 Å². The predicted molar refractivity (Wildman–Crippen MR) is 93.8 cm³/mol. The molecule has 5 heteroatoms. The van der Waals surface area contributed by atoms with E-state index in [1.165, 1.54) is 7.11 Å². The molecule has 1 heterocycles. The molecule has 0 aliphatic rings. The molecule has 0 spiro atoms. The van der Waals surface area contributed by atoms with Gasteiger partial charge in [-0.05, 0) is 30.7 Å². The summed E-state index contributed by atoms with van der Waals surface area (Å²) >= 11 is 5.88. The summed E-state index contributed by atoms with van der Waals surface area (Å²) in [5.74, 6) is -0.553. The van der Waals surface area contributed by atoms with Crippen LogP contribution in [0, 0.1) is 6.92 Å². The van der Waals surface area contributed by atoms with Crippen molar-refractivity contribution in [2.75, 3.05) is 7.11 Å². The smallest absolute Gasteiger partial charge is 0.340 e. The van der Waals surface area contributed by atoms with E-state index in [4.69, 9.17) is 16.3 Å². The Morgan fingerprint density at radius 3 is 2.42 bits per heavy atom. The number of carbonyl (C=O) groups excluding carboxylic acids is 2. The molecule has 0 fully saturated rings. The summed E-state index contributed by atoms with van der Waals surface area (Å²) in [7, 11) is 1.34. The monoisotopic (exact) mass is 341 g/mol. The first-order chi connectivity index (χ1) is 11.5. The molecule has 0 amide bonds. The number of esters is 1. The maximum Gasteiger partial charge on any atom is 0.340 e. The predicted octanol–water partition coefficient (Wildman–Crippen LogP) is 4.27. The minimum absolute atomic E-state index is 0.110. The van der Waals surface area contributed by atoms with Crippen molar-refractivity contribution in [1.82, 2.24) is 4.57 Å². The van der Waals surface area contributed by atoms with Crippen LogP contribution in [0.3, 0.4) is 0 Å². The first kappa shape index (κ1) is 16.3. The average Bonchev–Trinajstić information content (AvgIpc) is 2.88. The molecule has 2 aromatic carbocycles. The van der Waals surface area contributed by atoms with E-state index in [0.717, 1.165) is 5.56 Å². The summed E-state index contributed by atoms with van der Waals surface area (Å²) in [6.07, 6.45) is 0.220. The van der Waals surface area contributed by atoms with Crippen LogP contribution in [-0.2, 0) is 11.2 Å². The lowest BCUT2D eigenvalue weighted by Crippen LogP contribution is -2.16. The molecule has 0 bridgehead atoms. The maximum atomic E-state index is 12.8. The van der Waals surface area contributed by atoms with E-state index in [1.54, 1.807) is 23.6 Å². The third-order valence-electron chi connectivity index (χ3n) is 4.02. The van der Waals surface area contributed by atoms with Gasteiger partial charge in [0.15, 0.2) is 0 Å². The van der Waals surface area contributed by atoms with Gasteiger partial charge in [-0.2, -0.15) is 0 Å². The SMILES string of the molecule is COC(=O)c1c(C)n(C(=O)Cc2ccc(Cl)cc2)c2ccccc12. The number of benzene rings is 2. The van der Waals surface area contributed by atoms with Gasteiger partial charge in [-0.1, -0.05) is 41.9 Å². The lowest BCUT2D eigenvalue weighted by molar-refractivity contribution is 0.0602. The summed E-state index contributed by atoms with van der Waals surface area (Å²) in [5.41, 5.74) is 2.58. The maximum absolute atomic E-state index is 12.8. The Morgan fingerprint density at radius 2 is 1.75 bits per heavy atom. The molecular weight excluding hydrogens is 326 g/mol. The minimum atomic E-state index is -0.443. The van der Waals surface area contributed by atoms with Crippen LogP contribution in [0.15, 0.2) is 48.5 Å². The summed E-state index contributed by atoms with van der Waals surface area (Å²) in [4.78, 5) is 25.0. The average molecular weight is 342 g/mol. The molecule has 3 aromatic rings. The third kappa shape index (κ3) is 2.81. The molecule has 24 heavy (non-hydrogen) atoms. The molecule has 3 rings (SSSR count). The lowest BCUT2D eigenvalue weighted by Gasteiger charge is -2.07. The van der Waals surface area contributed by atoms with Gasteiger partial charge in [-0.25, -0.2) is 4.79 Å². The molecule has 0 atom stereocenters. The number of para-hydroxylation sites is 1. The second-order valence-electron chi connectivity index (χ2n) is 5.50. The number of methoxy groups -OCH3 is 1. The number of halogens is 1. The van der Waals surface area contributed by atoms with Gasteiger partial charge in [0.2, 0.25) is 5.91 Å². The molecule has 0 N–H and O–H groups in total. The number of ether oxygens (including phenoxy) is 1. The number of fused-ring (bicyclic) bond motifs is 1. The number of hydrogen-bond acceptors (Lipinski definition) is 3. The fraction of sp³-hybridized carbons (Fsp3) is 0.158. The lowest BCUT2D eigenvalue weighted by atomic mass is 10.1. The number of nitrogens with zero attached hydrogens (tertiary/aromatic N) is 1. The largest absolute Gasteiger partial charge is 0.465 e. The highest BCUT2D eigenvalue weighted by Gasteiger charge is 2.23. The topological polar surface area (TPSA) is 48.3 Å². The molecule has 1 aromatic heterocycles. The Bertz CT molecular complexity index is 926. The number of carbonyl (C=O) groups is 2. The summed E-state index contributed by atoms with van der Waals surface area (Å²) < 4.78 is 6.45. The molecule has 122 valence electrons. The summed E-state index contributed by atoms with van der Waals surface area (Å²) in [6, 6.07) is 14.5. The normalized spacial score (nSPS) is 10.8. The van der Waals surface area contributed by atoms with Gasteiger partial charge in [0, 0.05) is 16.1 Å². The van der Waals surface area contributed by atoms with Gasteiger partial charge in [0.05, 0.1) is 24.6 Å². The molecule has 0 saturated carbocycles. The van der Waals surface area contributed by atoms with E-state index in [0.29, 0.717) is 27.2 Å². The van der Waals surface area contributed by atoms with Crippen LogP contribution < -0.4 is 0 Å². The zero-order chi connectivity index (χ0) is 17.3. The van der Waals surface area contributed by atoms with Crippen molar-refractivity contribution >= 4 is 34.4 Å². The Morgan fingerprint density at radius 1 is 1.08 bits per heavy atom. The Labute approximate surface area is 144 Å². The quantitative estimate of drug-likeness (QED) is 0.668. The Kier molecular flexibility index (Phi) is 4.40. The minimum Gasteiger partial charge on any atom is -0.465 e. The summed E-state index contributed by atoms with van der Waals surface area (Å²) in [6.45, 7) is 1.76. The van der Waals surface area contributed by atoms with Crippen molar-refractivity contribution in [1.29, 1.82) is 0 Å². The van der Waals surface area contributed by atoms with Crippen LogP contribution in [0.2, 0.25) is 5.02 Å². The van der Waals surface area contributed by atoms with Crippen LogP contribution in [0.4, 0.5) is 0 Å². The third-order valence-corrected chi connectivity index (χ3v) is 4.27. The van der Waals surface area contributed by atoms with Gasteiger partial charge in [0.1, 0.15) is 0 Å². The van der Waals surface area contributed by atoms with Crippen LogP contribution in [0.1, 0.15) is 26.4 Å². The van der Waals surface area contributed by atoms with Crippen molar-refractivity contribution < 1.29 is 14.3 Å². The molecule has 0 unspecified atom stereocenters. The van der Waals surface area contributed by atoms with Gasteiger partial charge < -0.3 is 4.74 Å². The molecule has 0 aliphatic heterocycles. The second-order valence-corrected chi connectivity index (χ2v) is 5.94. The van der Waals surface area contributed by atoms with Crippen molar-refractivity contribution in [3.63, 3.8) is 0 Å². The zero-order valence-corrected chi connectivity index (χ0v) is 14.1. The van der Waals surface area contributed by atoms with Gasteiger partial charge >= 0.3 is 5.97 Å². The Balaban J connectivity index is 2.08. The van der Waals surface area contributed by atoms with E-state index in [-0.39, 0.29) is 12.3 Å². The van der Waals surface area contributed by atoms with Gasteiger partial charge in [-0.15, -0.1) is 0 Å². The van der Waals surface area contributed by atoms with Crippen molar-refractivity contribution in [2.24, 2.45) is 0 Å². The number of rotatable bonds is 3. The van der Waals surface area contributed by atoms with E-state index in [9.17, 15) is 9.59 Å². The zero-order valence-electron chi connectivity index (χ0n) is 13.4. The van der Waals surface area contributed by atoms with E-state index in [1.807, 2.05) is 36.4 Å². The van der Waals surface area contributed by atoms with Crippen LogP contribution in [0.25, 0.3) is 10.9 Å². The van der Waals surface area contributed by atoms with E-state index in [2.05, 4.69) is 0 Å². The molecular formula is C19H16ClNO3. The molecule has 0 saturated heterocycles. The second kappa shape index (κ2) is 6.49. The van der Waals surface area contributed by atoms with E-state index >= 15 is 0 Å². The van der Waals surface area contributed by atoms with Crippen molar-refractivity contribution in [3.05, 3.63) is 70.4 Å². The van der Waals surface area contributed by atoms with E-state index < -0.39 is 5.97 Å². The van der Waals surface area contributed by atoms with Crippen LogP contribution >= 0.6 is 11.6 Å². The van der Waals surface area contributed by atoms with Crippen LogP contribution in [-0.4, -0.2) is 23.6 Å². The Hall–Kier alpha value is -2.59. The number of aromatic nitrogens is 1.